The number of ether oxygens (including phenoxy) is 2. The molecule has 2 aliphatic heterocycles. The first kappa shape index (κ1) is 31.0. The molecule has 9 nitrogen and oxygen atoms in total. The zero-order valence-electron chi connectivity index (χ0n) is 23.1. The molecule has 43 heavy (non-hydrogen) atoms. The first-order chi connectivity index (χ1) is 20.4. The number of rotatable bonds is 8. The minimum absolute atomic E-state index is 0.159. The Kier molecular flexibility index (Phi) is 8.82. The van der Waals surface area contributed by atoms with Crippen LogP contribution in [-0.4, -0.2) is 59.5 Å². The van der Waals surface area contributed by atoms with Crippen LogP contribution < -0.4 is 25.4 Å². The number of alkyl halides is 3. The van der Waals surface area contributed by atoms with Gasteiger partial charge in [-0.05, 0) is 67.0 Å². The molecule has 3 aromatic rings. The third kappa shape index (κ3) is 6.86. The summed E-state index contributed by atoms with van der Waals surface area (Å²) in [5, 5.41) is 12.9. The molecule has 2 aromatic carbocycles. The van der Waals surface area contributed by atoms with Gasteiger partial charge in [-0.25, -0.2) is 0 Å². The standard InChI is InChI=1S/C29H30Cl2F3N5O4/c1-2-42-22-6-3-16(11-20(22)31)19-12-17(30)4-5-18(19)25(29(32,33)34)43-24-13-23(37-27(35)38-24)39-9-7-28(8-10-39)14-21(26(40)41)36-15-28/h3-6,11-13,21,25,36H,2,7-10,14-15H2,1H3,(H,40,41)(H2,35,37,38)/t21?,25-/m1/s1. The van der Waals surface area contributed by atoms with Gasteiger partial charge in [0.2, 0.25) is 17.9 Å². The number of anilines is 2. The highest BCUT2D eigenvalue weighted by atomic mass is 35.5. The van der Waals surface area contributed by atoms with E-state index in [0.717, 1.165) is 0 Å². The molecule has 0 saturated carbocycles. The number of carboxylic acid groups (broad SMARTS) is 1. The van der Waals surface area contributed by atoms with Crippen molar-refractivity contribution in [3.8, 4) is 22.8 Å². The Morgan fingerprint density at radius 1 is 1.19 bits per heavy atom. The molecular formula is C29H30Cl2F3N5O4. The van der Waals surface area contributed by atoms with E-state index in [1.54, 1.807) is 19.1 Å². The number of nitrogens with zero attached hydrogens (tertiary/aromatic N) is 3. The summed E-state index contributed by atoms with van der Waals surface area (Å²) in [6.45, 7) is 3.80. The van der Waals surface area contributed by atoms with Crippen molar-refractivity contribution in [2.24, 2.45) is 5.41 Å². The van der Waals surface area contributed by atoms with Gasteiger partial charge in [-0.15, -0.1) is 0 Å². The van der Waals surface area contributed by atoms with E-state index in [-0.39, 0.29) is 38.4 Å². The van der Waals surface area contributed by atoms with Crippen LogP contribution in [-0.2, 0) is 4.79 Å². The number of nitrogen functional groups attached to an aromatic ring is 1. The van der Waals surface area contributed by atoms with E-state index in [9.17, 15) is 23.1 Å². The quantitative estimate of drug-likeness (QED) is 0.266. The predicted octanol–water partition coefficient (Wildman–Crippen LogP) is 6.15. The van der Waals surface area contributed by atoms with Crippen LogP contribution in [0.25, 0.3) is 11.1 Å². The van der Waals surface area contributed by atoms with Gasteiger partial charge in [-0.3, -0.25) is 4.79 Å². The average molecular weight is 640 g/mol. The van der Waals surface area contributed by atoms with Crippen molar-refractivity contribution in [2.75, 3.05) is 36.9 Å². The second-order valence-corrected chi connectivity index (χ2v) is 11.6. The highest BCUT2D eigenvalue weighted by molar-refractivity contribution is 6.32. The number of benzene rings is 2. The Morgan fingerprint density at radius 2 is 1.93 bits per heavy atom. The SMILES string of the molecule is CCOc1ccc(-c2cc(Cl)ccc2[C@@H](Oc2cc(N3CCC4(CC3)CNC(C(=O)O)C4)nc(N)n2)C(F)(F)F)cc1Cl. The lowest BCUT2D eigenvalue weighted by molar-refractivity contribution is -0.198. The first-order valence-corrected chi connectivity index (χ1v) is 14.4. The highest BCUT2D eigenvalue weighted by Crippen LogP contribution is 2.44. The minimum atomic E-state index is -4.84. The maximum Gasteiger partial charge on any atom is 0.429 e. The Bertz CT molecular complexity index is 1500. The number of carboxylic acids is 1. The number of aliphatic carboxylic acids is 1. The van der Waals surface area contributed by atoms with Gasteiger partial charge in [0.05, 0.1) is 11.6 Å². The fourth-order valence-electron chi connectivity index (χ4n) is 5.71. The van der Waals surface area contributed by atoms with Crippen LogP contribution in [0.15, 0.2) is 42.5 Å². The summed E-state index contributed by atoms with van der Waals surface area (Å²) < 4.78 is 54.8. The number of halogens is 5. The number of hydrogen-bond donors (Lipinski definition) is 3. The molecule has 1 aromatic heterocycles. The molecule has 1 unspecified atom stereocenters. The summed E-state index contributed by atoms with van der Waals surface area (Å²) in [4.78, 5) is 21.5. The molecule has 0 amide bonds. The molecule has 14 heteroatoms. The summed E-state index contributed by atoms with van der Waals surface area (Å²) in [5.74, 6) is -0.730. The smallest absolute Gasteiger partial charge is 0.429 e. The zero-order chi connectivity index (χ0) is 30.9. The summed E-state index contributed by atoms with van der Waals surface area (Å²) in [6, 6.07) is 9.48. The fourth-order valence-corrected chi connectivity index (χ4v) is 6.12. The molecular weight excluding hydrogens is 610 g/mol. The zero-order valence-corrected chi connectivity index (χ0v) is 24.6. The highest BCUT2D eigenvalue weighted by Gasteiger charge is 2.46. The third-order valence-electron chi connectivity index (χ3n) is 7.89. The van der Waals surface area contributed by atoms with Crippen LogP contribution in [0.1, 0.15) is 37.9 Å². The maximum absolute atomic E-state index is 14.6. The van der Waals surface area contributed by atoms with E-state index in [1.165, 1.54) is 30.3 Å². The molecule has 0 radical (unpaired) electrons. The summed E-state index contributed by atoms with van der Waals surface area (Å²) in [6.07, 6.45) is -5.37. The van der Waals surface area contributed by atoms with Crippen LogP contribution >= 0.6 is 23.2 Å². The van der Waals surface area contributed by atoms with Crippen LogP contribution in [0, 0.1) is 5.41 Å². The summed E-state index contributed by atoms with van der Waals surface area (Å²) in [7, 11) is 0. The van der Waals surface area contributed by atoms with Crippen LogP contribution in [0.4, 0.5) is 24.9 Å². The molecule has 0 bridgehead atoms. The van der Waals surface area contributed by atoms with E-state index >= 15 is 0 Å². The van der Waals surface area contributed by atoms with Crippen LogP contribution in [0.3, 0.4) is 0 Å². The van der Waals surface area contributed by atoms with Crippen molar-refractivity contribution >= 4 is 40.9 Å². The molecule has 3 heterocycles. The van der Waals surface area contributed by atoms with Gasteiger partial charge in [-0.1, -0.05) is 35.3 Å². The van der Waals surface area contributed by atoms with E-state index in [1.807, 2.05) is 4.90 Å². The Hall–Kier alpha value is -3.48. The van der Waals surface area contributed by atoms with Crippen molar-refractivity contribution in [2.45, 2.75) is 44.5 Å². The normalized spacial score (nSPS) is 18.9. The number of aromatic nitrogens is 2. The van der Waals surface area contributed by atoms with Crippen molar-refractivity contribution < 1.29 is 32.5 Å². The molecule has 5 rings (SSSR count). The number of piperidine rings is 1. The second-order valence-electron chi connectivity index (χ2n) is 10.7. The lowest BCUT2D eigenvalue weighted by atomic mass is 9.76. The monoisotopic (exact) mass is 639 g/mol. The van der Waals surface area contributed by atoms with Gasteiger partial charge in [0, 0.05) is 36.3 Å². The summed E-state index contributed by atoms with van der Waals surface area (Å²) >= 11 is 12.5. The van der Waals surface area contributed by atoms with Crippen LogP contribution in [0.5, 0.6) is 11.6 Å². The van der Waals surface area contributed by atoms with E-state index in [2.05, 4.69) is 15.3 Å². The van der Waals surface area contributed by atoms with Crippen LogP contribution in [0.2, 0.25) is 10.0 Å². The first-order valence-electron chi connectivity index (χ1n) is 13.7. The predicted molar refractivity (Wildman–Crippen MR) is 157 cm³/mol. The van der Waals surface area contributed by atoms with E-state index < -0.39 is 24.3 Å². The summed E-state index contributed by atoms with van der Waals surface area (Å²) in [5.41, 5.74) is 6.13. The molecule has 1 spiro atoms. The molecule has 230 valence electrons. The van der Waals surface area contributed by atoms with Crippen molar-refractivity contribution in [1.29, 1.82) is 0 Å². The molecule has 2 fully saturated rings. The fraction of sp³-hybridized carbons (Fsp3) is 0.414. The van der Waals surface area contributed by atoms with Crippen molar-refractivity contribution in [3.05, 3.63) is 58.1 Å². The lowest BCUT2D eigenvalue weighted by Crippen LogP contribution is -2.41. The molecule has 0 aliphatic carbocycles. The van der Waals surface area contributed by atoms with E-state index in [0.29, 0.717) is 62.6 Å². The minimum Gasteiger partial charge on any atom is -0.492 e. The third-order valence-corrected chi connectivity index (χ3v) is 8.42. The van der Waals surface area contributed by atoms with Gasteiger partial charge in [-0.2, -0.15) is 23.1 Å². The Labute approximate surface area is 256 Å². The van der Waals surface area contributed by atoms with Gasteiger partial charge < -0.3 is 30.5 Å². The average Bonchev–Trinajstić information content (AvgIpc) is 3.36. The molecule has 4 N–H and O–H groups in total. The van der Waals surface area contributed by atoms with Gasteiger partial charge in [0.25, 0.3) is 0 Å². The topological polar surface area (TPSA) is 123 Å². The number of nitrogens with two attached hydrogens (primary N) is 1. The number of nitrogens with one attached hydrogen (secondary N) is 1. The number of hydrogen-bond acceptors (Lipinski definition) is 8. The molecule has 2 saturated heterocycles. The van der Waals surface area contributed by atoms with Crippen molar-refractivity contribution in [1.82, 2.24) is 15.3 Å². The number of carbonyl (C=O) groups is 1. The van der Waals surface area contributed by atoms with E-state index in [4.69, 9.17) is 38.4 Å². The van der Waals surface area contributed by atoms with Gasteiger partial charge in [0.15, 0.2) is 0 Å². The largest absolute Gasteiger partial charge is 0.492 e. The van der Waals surface area contributed by atoms with Crippen molar-refractivity contribution in [3.63, 3.8) is 0 Å². The van der Waals surface area contributed by atoms with Gasteiger partial charge in [0.1, 0.15) is 17.6 Å². The second kappa shape index (κ2) is 12.3. The lowest BCUT2D eigenvalue weighted by Gasteiger charge is -2.39. The molecule has 2 atom stereocenters. The maximum atomic E-state index is 14.6. The Balaban J connectivity index is 1.42. The molecule has 2 aliphatic rings. The van der Waals surface area contributed by atoms with Gasteiger partial charge >= 0.3 is 12.1 Å². The Morgan fingerprint density at radius 3 is 2.56 bits per heavy atom.